The smallest absolute Gasteiger partial charge is 0.416 e. The van der Waals surface area contributed by atoms with Gasteiger partial charge < -0.3 is 9.84 Å². The summed E-state index contributed by atoms with van der Waals surface area (Å²) in [5, 5.41) is 9.69. The molecule has 2 rings (SSSR count). The van der Waals surface area contributed by atoms with Crippen molar-refractivity contribution in [1.82, 2.24) is 4.98 Å². The van der Waals surface area contributed by atoms with Gasteiger partial charge in [0.05, 0.1) is 18.0 Å². The summed E-state index contributed by atoms with van der Waals surface area (Å²) in [6.45, 7) is 2.02. The highest BCUT2D eigenvalue weighted by Gasteiger charge is 2.34. The van der Waals surface area contributed by atoms with Gasteiger partial charge >= 0.3 is 6.09 Å². The van der Waals surface area contributed by atoms with E-state index in [0.29, 0.717) is 12.1 Å². The summed E-state index contributed by atoms with van der Waals surface area (Å²) in [6, 6.07) is 3.47. The number of amides is 1. The predicted octanol–water partition coefficient (Wildman–Crippen LogP) is 0.919. The molecule has 0 aliphatic carbocycles. The Bertz CT molecular complexity index is 381. The number of rotatable bonds is 1. The molecule has 0 radical (unpaired) electrons. The highest BCUT2D eigenvalue weighted by atomic mass is 16.6. The maximum Gasteiger partial charge on any atom is 0.416 e. The van der Waals surface area contributed by atoms with Crippen LogP contribution >= 0.6 is 0 Å². The minimum atomic E-state index is -0.867. The Balaban J connectivity index is 2.29. The van der Waals surface area contributed by atoms with Crippen LogP contribution in [-0.4, -0.2) is 29.0 Å². The minimum absolute atomic E-state index is 0.289. The molecule has 0 spiro atoms. The Morgan fingerprint density at radius 1 is 1.80 bits per heavy atom. The Hall–Kier alpha value is -1.62. The average Bonchev–Trinajstić information content (AvgIpc) is 2.54. The first kappa shape index (κ1) is 9.92. The molecule has 0 saturated carbocycles. The van der Waals surface area contributed by atoms with Crippen molar-refractivity contribution >= 4 is 11.8 Å². The third-order valence-corrected chi connectivity index (χ3v) is 2.26. The average molecular weight is 208 g/mol. The molecule has 0 aromatic carbocycles. The fraction of sp³-hybridized carbons (Fsp3) is 0.400. The lowest BCUT2D eigenvalue weighted by molar-refractivity contribution is 0.129. The molecule has 1 N–H and O–H groups in total. The molecule has 1 amide bonds. The van der Waals surface area contributed by atoms with E-state index in [2.05, 4.69) is 4.98 Å². The molecule has 80 valence electrons. The van der Waals surface area contributed by atoms with E-state index < -0.39 is 12.3 Å². The van der Waals surface area contributed by atoms with Gasteiger partial charge in [-0.1, -0.05) is 0 Å². The SMILES string of the molecule is CCOC(=O)N1c2cccnc2CC1O. The van der Waals surface area contributed by atoms with Crippen LogP contribution < -0.4 is 4.90 Å². The van der Waals surface area contributed by atoms with Crippen molar-refractivity contribution in [3.63, 3.8) is 0 Å². The van der Waals surface area contributed by atoms with Crippen molar-refractivity contribution in [3.05, 3.63) is 24.0 Å². The number of ether oxygens (including phenoxy) is 1. The van der Waals surface area contributed by atoms with Gasteiger partial charge in [0.1, 0.15) is 6.23 Å². The van der Waals surface area contributed by atoms with Crippen LogP contribution in [0.25, 0.3) is 0 Å². The second kappa shape index (κ2) is 3.86. The van der Waals surface area contributed by atoms with Gasteiger partial charge in [0.15, 0.2) is 0 Å². The molecule has 15 heavy (non-hydrogen) atoms. The Morgan fingerprint density at radius 2 is 2.60 bits per heavy atom. The summed E-state index contributed by atoms with van der Waals surface area (Å²) in [6.07, 6.45) is 0.598. The number of hydrogen-bond acceptors (Lipinski definition) is 4. The van der Waals surface area contributed by atoms with Gasteiger partial charge in [-0.05, 0) is 19.1 Å². The number of anilines is 1. The van der Waals surface area contributed by atoms with E-state index in [9.17, 15) is 9.90 Å². The highest BCUT2D eigenvalue weighted by Crippen LogP contribution is 2.29. The number of aliphatic hydroxyl groups is 1. The van der Waals surface area contributed by atoms with Crippen LogP contribution in [0.2, 0.25) is 0 Å². The molecule has 0 fully saturated rings. The third-order valence-electron chi connectivity index (χ3n) is 2.26. The normalized spacial score (nSPS) is 18.8. The van der Waals surface area contributed by atoms with Crippen LogP contribution in [0.1, 0.15) is 12.6 Å². The van der Waals surface area contributed by atoms with Crippen LogP contribution in [0.5, 0.6) is 0 Å². The van der Waals surface area contributed by atoms with E-state index in [0.717, 1.165) is 5.69 Å². The monoisotopic (exact) mass is 208 g/mol. The maximum atomic E-state index is 11.5. The summed E-state index contributed by atoms with van der Waals surface area (Å²) in [4.78, 5) is 16.9. The van der Waals surface area contributed by atoms with Crippen LogP contribution in [0.3, 0.4) is 0 Å². The van der Waals surface area contributed by atoms with Crippen molar-refractivity contribution in [2.45, 2.75) is 19.6 Å². The van der Waals surface area contributed by atoms with Crippen LogP contribution in [0.15, 0.2) is 18.3 Å². The summed E-state index contributed by atoms with van der Waals surface area (Å²) in [5.41, 5.74) is 1.35. The first-order chi connectivity index (χ1) is 7.24. The topological polar surface area (TPSA) is 62.7 Å². The molecule has 1 atom stereocenters. The standard InChI is InChI=1S/C10H12N2O3/c1-2-15-10(14)12-8-4-3-5-11-7(8)6-9(12)13/h3-5,9,13H,2,6H2,1H3. The van der Waals surface area contributed by atoms with E-state index in [1.54, 1.807) is 25.3 Å². The number of carbonyl (C=O) groups is 1. The third kappa shape index (κ3) is 1.66. The lowest BCUT2D eigenvalue weighted by Crippen LogP contribution is -2.37. The van der Waals surface area contributed by atoms with Crippen molar-refractivity contribution in [3.8, 4) is 0 Å². The lowest BCUT2D eigenvalue weighted by Gasteiger charge is -2.19. The van der Waals surface area contributed by atoms with Crippen LogP contribution in [0.4, 0.5) is 10.5 Å². The number of hydrogen-bond donors (Lipinski definition) is 1. The zero-order valence-electron chi connectivity index (χ0n) is 8.38. The number of aliphatic hydroxyl groups excluding tert-OH is 1. The van der Waals surface area contributed by atoms with Crippen LogP contribution in [0, 0.1) is 0 Å². The number of aromatic nitrogens is 1. The van der Waals surface area contributed by atoms with Gasteiger partial charge in [-0.25, -0.2) is 9.69 Å². The van der Waals surface area contributed by atoms with Crippen molar-refractivity contribution in [2.75, 3.05) is 11.5 Å². The molecule has 1 aromatic rings. The summed E-state index contributed by atoms with van der Waals surface area (Å²) >= 11 is 0. The number of nitrogens with zero attached hydrogens (tertiary/aromatic N) is 2. The van der Waals surface area contributed by atoms with E-state index in [1.165, 1.54) is 4.90 Å². The Kier molecular flexibility index (Phi) is 2.55. The summed E-state index contributed by atoms with van der Waals surface area (Å²) < 4.78 is 4.85. The van der Waals surface area contributed by atoms with Crippen molar-refractivity contribution in [2.24, 2.45) is 0 Å². The molecule has 1 aromatic heterocycles. The Morgan fingerprint density at radius 3 is 3.33 bits per heavy atom. The van der Waals surface area contributed by atoms with Gasteiger partial charge in [0.25, 0.3) is 0 Å². The molecule has 1 aliphatic heterocycles. The molecule has 5 nitrogen and oxygen atoms in total. The highest BCUT2D eigenvalue weighted by molar-refractivity contribution is 5.90. The molecule has 0 bridgehead atoms. The van der Waals surface area contributed by atoms with Crippen molar-refractivity contribution in [1.29, 1.82) is 0 Å². The number of pyridine rings is 1. The molecule has 1 aliphatic rings. The fourth-order valence-electron chi connectivity index (χ4n) is 1.64. The molecule has 5 heteroatoms. The van der Waals surface area contributed by atoms with Crippen molar-refractivity contribution < 1.29 is 14.6 Å². The Labute approximate surface area is 87.3 Å². The second-order valence-electron chi connectivity index (χ2n) is 3.22. The zero-order chi connectivity index (χ0) is 10.8. The molecular weight excluding hydrogens is 196 g/mol. The maximum absolute atomic E-state index is 11.5. The predicted molar refractivity (Wildman–Crippen MR) is 53.4 cm³/mol. The molecule has 1 unspecified atom stereocenters. The zero-order valence-corrected chi connectivity index (χ0v) is 8.38. The van der Waals surface area contributed by atoms with Crippen LogP contribution in [-0.2, 0) is 11.2 Å². The van der Waals surface area contributed by atoms with Gasteiger partial charge in [-0.3, -0.25) is 4.98 Å². The minimum Gasteiger partial charge on any atom is -0.449 e. The lowest BCUT2D eigenvalue weighted by atomic mass is 10.3. The fourth-order valence-corrected chi connectivity index (χ4v) is 1.64. The van der Waals surface area contributed by atoms with Gasteiger partial charge in [0.2, 0.25) is 0 Å². The number of carbonyl (C=O) groups excluding carboxylic acids is 1. The number of fused-ring (bicyclic) bond motifs is 1. The quantitative estimate of drug-likeness (QED) is 0.745. The first-order valence-electron chi connectivity index (χ1n) is 4.82. The van der Waals surface area contributed by atoms with Gasteiger partial charge in [-0.15, -0.1) is 0 Å². The second-order valence-corrected chi connectivity index (χ2v) is 3.22. The largest absolute Gasteiger partial charge is 0.449 e. The van der Waals surface area contributed by atoms with Gasteiger partial charge in [-0.2, -0.15) is 0 Å². The molecule has 2 heterocycles. The van der Waals surface area contributed by atoms with Gasteiger partial charge in [0, 0.05) is 12.6 Å². The summed E-state index contributed by atoms with van der Waals surface area (Å²) in [5.74, 6) is 0. The molecule has 0 saturated heterocycles. The summed E-state index contributed by atoms with van der Waals surface area (Å²) in [7, 11) is 0. The van der Waals surface area contributed by atoms with E-state index in [-0.39, 0.29) is 6.61 Å². The molecular formula is C10H12N2O3. The van der Waals surface area contributed by atoms with E-state index >= 15 is 0 Å². The first-order valence-corrected chi connectivity index (χ1v) is 4.82. The van der Waals surface area contributed by atoms with E-state index in [4.69, 9.17) is 4.74 Å². The van der Waals surface area contributed by atoms with E-state index in [1.807, 2.05) is 0 Å².